The number of benzene rings is 1. The minimum atomic E-state index is 0.229. The van der Waals surface area contributed by atoms with Crippen molar-refractivity contribution in [2.75, 3.05) is 31.1 Å². The number of thiophene rings is 1. The Balaban J connectivity index is 1.26. The second kappa shape index (κ2) is 8.85. The van der Waals surface area contributed by atoms with E-state index in [2.05, 4.69) is 32.6 Å². The number of rotatable bonds is 5. The normalized spacial score (nSPS) is 14.7. The number of anilines is 1. The van der Waals surface area contributed by atoms with E-state index in [0.29, 0.717) is 13.0 Å². The maximum absolute atomic E-state index is 12.8. The Morgan fingerprint density at radius 2 is 1.87 bits per heavy atom. The van der Waals surface area contributed by atoms with Gasteiger partial charge in [0.1, 0.15) is 5.82 Å². The molecule has 4 aromatic rings. The van der Waals surface area contributed by atoms with Gasteiger partial charge in [-0.25, -0.2) is 0 Å². The van der Waals surface area contributed by atoms with Crippen molar-refractivity contribution in [1.82, 2.24) is 24.7 Å². The summed E-state index contributed by atoms with van der Waals surface area (Å²) in [5.41, 5.74) is 2.96. The summed E-state index contributed by atoms with van der Waals surface area (Å²) in [6, 6.07) is 16.2. The molecular weight excluding hydrogens is 408 g/mol. The van der Waals surface area contributed by atoms with E-state index in [4.69, 9.17) is 5.10 Å². The van der Waals surface area contributed by atoms with Crippen molar-refractivity contribution in [2.24, 2.45) is 0 Å². The molecule has 5 rings (SSSR count). The van der Waals surface area contributed by atoms with Gasteiger partial charge in [-0.2, -0.15) is 15.9 Å². The van der Waals surface area contributed by atoms with Crippen molar-refractivity contribution in [3.63, 3.8) is 0 Å². The Morgan fingerprint density at radius 1 is 0.968 bits per heavy atom. The first-order valence-corrected chi connectivity index (χ1v) is 11.5. The molecule has 1 fully saturated rings. The van der Waals surface area contributed by atoms with Crippen LogP contribution in [0.4, 0.5) is 5.82 Å². The number of amides is 1. The van der Waals surface area contributed by atoms with Crippen LogP contribution in [0.2, 0.25) is 0 Å². The molecule has 0 spiro atoms. The van der Waals surface area contributed by atoms with E-state index in [1.54, 1.807) is 11.3 Å². The van der Waals surface area contributed by atoms with E-state index in [1.807, 2.05) is 51.2 Å². The predicted molar refractivity (Wildman–Crippen MR) is 122 cm³/mol. The van der Waals surface area contributed by atoms with Crippen LogP contribution in [0.15, 0.2) is 59.3 Å². The van der Waals surface area contributed by atoms with Gasteiger partial charge in [0, 0.05) is 43.5 Å². The van der Waals surface area contributed by atoms with Crippen LogP contribution < -0.4 is 4.90 Å². The smallest absolute Gasteiger partial charge is 0.222 e. The largest absolute Gasteiger partial charge is 0.353 e. The number of aromatic nitrogens is 4. The van der Waals surface area contributed by atoms with Gasteiger partial charge in [0.25, 0.3) is 0 Å². The highest BCUT2D eigenvalue weighted by molar-refractivity contribution is 7.08. The molecular formula is C23H24N6OS. The van der Waals surface area contributed by atoms with Gasteiger partial charge in [0.2, 0.25) is 5.91 Å². The van der Waals surface area contributed by atoms with Gasteiger partial charge in [0.05, 0.1) is 0 Å². The third kappa shape index (κ3) is 4.29. The maximum Gasteiger partial charge on any atom is 0.222 e. The van der Waals surface area contributed by atoms with Crippen LogP contribution in [0.1, 0.15) is 18.4 Å². The van der Waals surface area contributed by atoms with Crippen LogP contribution in [0.5, 0.6) is 0 Å². The summed E-state index contributed by atoms with van der Waals surface area (Å²) >= 11 is 1.63. The van der Waals surface area contributed by atoms with Gasteiger partial charge in [-0.3, -0.25) is 4.79 Å². The van der Waals surface area contributed by atoms with E-state index in [0.717, 1.165) is 55.3 Å². The summed E-state index contributed by atoms with van der Waals surface area (Å²) < 4.78 is 1.81. The third-order valence-electron chi connectivity index (χ3n) is 5.67. The molecule has 0 atom stereocenters. The Morgan fingerprint density at radius 3 is 2.71 bits per heavy atom. The van der Waals surface area contributed by atoms with Crippen LogP contribution in [0, 0.1) is 0 Å². The van der Waals surface area contributed by atoms with E-state index in [9.17, 15) is 4.79 Å². The van der Waals surface area contributed by atoms with Crippen molar-refractivity contribution in [3.05, 3.63) is 64.9 Å². The lowest BCUT2D eigenvalue weighted by Crippen LogP contribution is -2.35. The fraction of sp³-hybridized carbons (Fsp3) is 0.304. The molecule has 0 saturated carbocycles. The summed E-state index contributed by atoms with van der Waals surface area (Å²) in [5, 5.41) is 17.5. The molecule has 1 aliphatic rings. The molecule has 158 valence electrons. The first-order valence-electron chi connectivity index (χ1n) is 10.6. The summed E-state index contributed by atoms with van der Waals surface area (Å²) in [7, 11) is 0. The van der Waals surface area contributed by atoms with Crippen LogP contribution in [-0.4, -0.2) is 56.8 Å². The molecule has 31 heavy (non-hydrogen) atoms. The molecule has 0 radical (unpaired) electrons. The minimum Gasteiger partial charge on any atom is -0.353 e. The highest BCUT2D eigenvalue weighted by atomic mass is 32.1. The molecule has 0 N–H and O–H groups in total. The average molecular weight is 433 g/mol. The van der Waals surface area contributed by atoms with Crippen LogP contribution in [0.3, 0.4) is 0 Å². The molecule has 8 heteroatoms. The van der Waals surface area contributed by atoms with Crippen molar-refractivity contribution in [2.45, 2.75) is 19.3 Å². The van der Waals surface area contributed by atoms with Gasteiger partial charge in [-0.1, -0.05) is 30.3 Å². The molecule has 0 unspecified atom stereocenters. The quantitative estimate of drug-likeness (QED) is 0.483. The molecule has 4 heterocycles. The Kier molecular flexibility index (Phi) is 5.62. The minimum absolute atomic E-state index is 0.229. The molecule has 1 aliphatic heterocycles. The Bertz CT molecular complexity index is 1160. The fourth-order valence-corrected chi connectivity index (χ4v) is 4.60. The average Bonchev–Trinajstić information content (AvgIpc) is 3.42. The monoisotopic (exact) mass is 432 g/mol. The SMILES string of the molecule is O=C(CCc1ccccc1)N1CCCN(c2ccc3nnc(-c4ccsc4)n3n2)CC1. The van der Waals surface area contributed by atoms with E-state index >= 15 is 0 Å². The number of hydrogen-bond donors (Lipinski definition) is 0. The lowest BCUT2D eigenvalue weighted by Gasteiger charge is -2.23. The van der Waals surface area contributed by atoms with Crippen molar-refractivity contribution in [1.29, 1.82) is 0 Å². The topological polar surface area (TPSA) is 66.6 Å². The van der Waals surface area contributed by atoms with Crippen molar-refractivity contribution < 1.29 is 4.79 Å². The number of fused-ring (bicyclic) bond motifs is 1. The molecule has 1 aromatic carbocycles. The summed E-state index contributed by atoms with van der Waals surface area (Å²) in [4.78, 5) is 17.0. The highest BCUT2D eigenvalue weighted by Crippen LogP contribution is 2.22. The molecule has 0 aliphatic carbocycles. The molecule has 0 bridgehead atoms. The van der Waals surface area contributed by atoms with Gasteiger partial charge in [-0.05, 0) is 42.0 Å². The molecule has 1 saturated heterocycles. The standard InChI is InChI=1S/C23H24N6OS/c30-22(10-7-18-5-2-1-3-6-18)28-13-4-12-27(14-15-28)21-9-8-20-24-25-23(29(20)26-21)19-11-16-31-17-19/h1-3,5-6,8-9,11,16-17H,4,7,10,12-15H2. The number of nitrogens with zero attached hydrogens (tertiary/aromatic N) is 6. The summed E-state index contributed by atoms with van der Waals surface area (Å²) in [5.74, 6) is 1.88. The molecule has 1 amide bonds. The van der Waals surface area contributed by atoms with Gasteiger partial charge >= 0.3 is 0 Å². The van der Waals surface area contributed by atoms with E-state index < -0.39 is 0 Å². The second-order valence-corrected chi connectivity index (χ2v) is 8.48. The number of carbonyl (C=O) groups is 1. The first kappa shape index (κ1) is 19.7. The zero-order valence-corrected chi connectivity index (χ0v) is 18.0. The van der Waals surface area contributed by atoms with Gasteiger partial charge in [-0.15, -0.1) is 15.3 Å². The van der Waals surface area contributed by atoms with Gasteiger partial charge in [0.15, 0.2) is 11.5 Å². The van der Waals surface area contributed by atoms with Crippen molar-refractivity contribution >= 4 is 28.7 Å². The number of aryl methyl sites for hydroxylation is 1. The summed E-state index contributed by atoms with van der Waals surface area (Å²) in [6.45, 7) is 3.15. The van der Waals surface area contributed by atoms with Crippen molar-refractivity contribution in [3.8, 4) is 11.4 Å². The Hall–Kier alpha value is -3.26. The molecule has 7 nitrogen and oxygen atoms in total. The lowest BCUT2D eigenvalue weighted by atomic mass is 10.1. The third-order valence-corrected chi connectivity index (χ3v) is 6.35. The number of carbonyl (C=O) groups excluding carboxylic acids is 1. The van der Waals surface area contributed by atoms with Crippen LogP contribution in [-0.2, 0) is 11.2 Å². The molecule has 3 aromatic heterocycles. The Labute approximate surface area is 184 Å². The van der Waals surface area contributed by atoms with E-state index in [-0.39, 0.29) is 5.91 Å². The zero-order valence-electron chi connectivity index (χ0n) is 17.2. The van der Waals surface area contributed by atoms with Gasteiger partial charge < -0.3 is 9.80 Å². The fourth-order valence-electron chi connectivity index (χ4n) is 3.97. The van der Waals surface area contributed by atoms with Crippen LogP contribution in [0.25, 0.3) is 17.0 Å². The second-order valence-electron chi connectivity index (χ2n) is 7.70. The predicted octanol–water partition coefficient (Wildman–Crippen LogP) is 3.52. The summed E-state index contributed by atoms with van der Waals surface area (Å²) in [6.07, 6.45) is 2.27. The van der Waals surface area contributed by atoms with Crippen LogP contribution >= 0.6 is 11.3 Å². The first-order chi connectivity index (χ1) is 15.3. The number of hydrogen-bond acceptors (Lipinski definition) is 6. The van der Waals surface area contributed by atoms with E-state index in [1.165, 1.54) is 5.56 Å². The highest BCUT2D eigenvalue weighted by Gasteiger charge is 2.21. The maximum atomic E-state index is 12.8. The lowest BCUT2D eigenvalue weighted by molar-refractivity contribution is -0.130. The zero-order chi connectivity index (χ0) is 21.0.